The maximum atomic E-state index is 12.3. The van der Waals surface area contributed by atoms with Gasteiger partial charge < -0.3 is 9.64 Å². The van der Waals surface area contributed by atoms with Crippen LogP contribution >= 0.6 is 11.5 Å². The van der Waals surface area contributed by atoms with E-state index in [0.717, 1.165) is 12.8 Å². The normalized spacial score (nSPS) is 18.7. The minimum absolute atomic E-state index is 0.0447. The van der Waals surface area contributed by atoms with E-state index >= 15 is 0 Å². The summed E-state index contributed by atoms with van der Waals surface area (Å²) in [5.74, 6) is -0.0447. The fourth-order valence-corrected chi connectivity index (χ4v) is 2.90. The summed E-state index contributed by atoms with van der Waals surface area (Å²) in [7, 11) is 0. The molecule has 6 heteroatoms. The van der Waals surface area contributed by atoms with Crippen LogP contribution in [0.2, 0.25) is 0 Å². The van der Waals surface area contributed by atoms with Crippen molar-refractivity contribution < 1.29 is 9.53 Å². The third-order valence-corrected chi connectivity index (χ3v) is 4.11. The Morgan fingerprint density at radius 2 is 2.24 bits per heavy atom. The second kappa shape index (κ2) is 6.78. The molecular formula is C15H17N3O2S. The molecule has 0 unspecified atom stereocenters. The number of carbonyl (C=O) groups excluding carboxylic acids is 1. The maximum absolute atomic E-state index is 12.3. The summed E-state index contributed by atoms with van der Waals surface area (Å²) in [5, 5.41) is 5.54. The van der Waals surface area contributed by atoms with Crippen molar-refractivity contribution in [1.29, 1.82) is 0 Å². The number of aryl methyl sites for hydroxylation is 1. The molecule has 2 aromatic rings. The van der Waals surface area contributed by atoms with Crippen molar-refractivity contribution in [3.05, 3.63) is 47.0 Å². The zero-order valence-corrected chi connectivity index (χ0v) is 12.5. The van der Waals surface area contributed by atoms with Crippen LogP contribution < -0.4 is 0 Å². The summed E-state index contributed by atoms with van der Waals surface area (Å²) >= 11 is 1.20. The number of morpholine rings is 1. The Kier molecular flexibility index (Phi) is 4.57. The van der Waals surface area contributed by atoms with Gasteiger partial charge >= 0.3 is 0 Å². The van der Waals surface area contributed by atoms with Gasteiger partial charge in [-0.1, -0.05) is 34.8 Å². The number of amides is 1. The van der Waals surface area contributed by atoms with E-state index in [1.807, 2.05) is 23.1 Å². The van der Waals surface area contributed by atoms with Crippen molar-refractivity contribution >= 4 is 17.4 Å². The first-order valence-corrected chi connectivity index (χ1v) is 7.88. The van der Waals surface area contributed by atoms with Crippen LogP contribution in [0.1, 0.15) is 22.5 Å². The van der Waals surface area contributed by atoms with Crippen LogP contribution in [0.3, 0.4) is 0 Å². The smallest absolute Gasteiger partial charge is 0.275 e. The molecule has 1 aromatic carbocycles. The van der Waals surface area contributed by atoms with Gasteiger partial charge in [0.15, 0.2) is 5.69 Å². The van der Waals surface area contributed by atoms with Crippen LogP contribution in [0.25, 0.3) is 0 Å². The first-order chi connectivity index (χ1) is 10.3. The Hall–Kier alpha value is -1.79. The van der Waals surface area contributed by atoms with Gasteiger partial charge in [-0.2, -0.15) is 0 Å². The third-order valence-electron chi connectivity index (χ3n) is 3.60. The fourth-order valence-electron chi connectivity index (χ4n) is 2.47. The van der Waals surface area contributed by atoms with E-state index < -0.39 is 0 Å². The predicted octanol–water partition coefficient (Wildman–Crippen LogP) is 2.01. The van der Waals surface area contributed by atoms with Crippen molar-refractivity contribution in [1.82, 2.24) is 14.5 Å². The van der Waals surface area contributed by atoms with Crippen molar-refractivity contribution in [3.8, 4) is 0 Å². The Bertz CT molecular complexity index is 574. The van der Waals surface area contributed by atoms with Crippen LogP contribution in [0.4, 0.5) is 0 Å². The SMILES string of the molecule is O=C(c1csnn1)N1CCO[C@H](CCc2ccccc2)C1. The van der Waals surface area contributed by atoms with Gasteiger partial charge in [0.1, 0.15) is 0 Å². The Labute approximate surface area is 127 Å². The van der Waals surface area contributed by atoms with Gasteiger partial charge in [-0.3, -0.25) is 4.79 Å². The van der Waals surface area contributed by atoms with E-state index in [-0.39, 0.29) is 12.0 Å². The van der Waals surface area contributed by atoms with Gasteiger partial charge in [0.05, 0.1) is 12.7 Å². The molecule has 0 radical (unpaired) electrons. The van der Waals surface area contributed by atoms with E-state index in [1.54, 1.807) is 5.38 Å². The summed E-state index contributed by atoms with van der Waals surface area (Å²) in [4.78, 5) is 14.1. The van der Waals surface area contributed by atoms with Gasteiger partial charge in [0, 0.05) is 18.5 Å². The lowest BCUT2D eigenvalue weighted by Gasteiger charge is -2.32. The van der Waals surface area contributed by atoms with Crippen molar-refractivity contribution in [2.45, 2.75) is 18.9 Å². The number of aromatic nitrogens is 2. The van der Waals surface area contributed by atoms with Crippen molar-refractivity contribution in [3.63, 3.8) is 0 Å². The zero-order chi connectivity index (χ0) is 14.5. The molecule has 0 aliphatic carbocycles. The zero-order valence-electron chi connectivity index (χ0n) is 11.6. The molecule has 0 N–H and O–H groups in total. The van der Waals surface area contributed by atoms with E-state index in [0.29, 0.717) is 25.4 Å². The molecule has 21 heavy (non-hydrogen) atoms. The molecule has 0 bridgehead atoms. The molecule has 3 rings (SSSR count). The van der Waals surface area contributed by atoms with E-state index in [1.165, 1.54) is 17.1 Å². The minimum Gasteiger partial charge on any atom is -0.375 e. The highest BCUT2D eigenvalue weighted by molar-refractivity contribution is 7.03. The molecule has 5 nitrogen and oxygen atoms in total. The second-order valence-corrected chi connectivity index (χ2v) is 5.67. The van der Waals surface area contributed by atoms with Crippen LogP contribution in [0.15, 0.2) is 35.7 Å². The summed E-state index contributed by atoms with van der Waals surface area (Å²) in [6.45, 7) is 1.84. The highest BCUT2D eigenvalue weighted by atomic mass is 32.1. The third kappa shape index (κ3) is 3.65. The molecule has 1 aliphatic rings. The second-order valence-electron chi connectivity index (χ2n) is 5.06. The first-order valence-electron chi connectivity index (χ1n) is 7.05. The van der Waals surface area contributed by atoms with Crippen molar-refractivity contribution in [2.75, 3.05) is 19.7 Å². The number of hydrogen-bond acceptors (Lipinski definition) is 5. The molecule has 1 saturated heterocycles. The molecule has 1 atom stereocenters. The lowest BCUT2D eigenvalue weighted by molar-refractivity contribution is -0.0247. The molecule has 0 saturated carbocycles. The Morgan fingerprint density at radius 1 is 1.38 bits per heavy atom. The van der Waals surface area contributed by atoms with Crippen LogP contribution in [-0.4, -0.2) is 46.2 Å². The topological polar surface area (TPSA) is 55.3 Å². The van der Waals surface area contributed by atoms with Crippen molar-refractivity contribution in [2.24, 2.45) is 0 Å². The molecule has 2 heterocycles. The molecule has 1 amide bonds. The average molecular weight is 303 g/mol. The van der Waals surface area contributed by atoms with Gasteiger partial charge in [-0.15, -0.1) is 5.10 Å². The number of carbonyl (C=O) groups is 1. The quantitative estimate of drug-likeness (QED) is 0.867. The largest absolute Gasteiger partial charge is 0.375 e. The summed E-state index contributed by atoms with van der Waals surface area (Å²) in [5.41, 5.74) is 1.73. The molecular weight excluding hydrogens is 286 g/mol. The van der Waals surface area contributed by atoms with Gasteiger partial charge in [0.25, 0.3) is 5.91 Å². The molecule has 1 fully saturated rings. The molecule has 1 aromatic heterocycles. The highest BCUT2D eigenvalue weighted by Crippen LogP contribution is 2.14. The standard InChI is InChI=1S/C15H17N3O2S/c19-15(14-11-21-17-16-14)18-8-9-20-13(10-18)7-6-12-4-2-1-3-5-12/h1-5,11,13H,6-10H2/t13-/m1/s1. The highest BCUT2D eigenvalue weighted by Gasteiger charge is 2.26. The molecule has 0 spiro atoms. The first kappa shape index (κ1) is 14.2. The van der Waals surface area contributed by atoms with E-state index in [4.69, 9.17) is 4.74 Å². The summed E-state index contributed by atoms with van der Waals surface area (Å²) in [6.07, 6.45) is 1.98. The van der Waals surface area contributed by atoms with Crippen LogP contribution in [0.5, 0.6) is 0 Å². The van der Waals surface area contributed by atoms with Gasteiger partial charge in [0.2, 0.25) is 0 Å². The maximum Gasteiger partial charge on any atom is 0.275 e. The average Bonchev–Trinajstić information content (AvgIpc) is 3.08. The number of ether oxygens (including phenoxy) is 1. The lowest BCUT2D eigenvalue weighted by atomic mass is 10.1. The molecule has 110 valence electrons. The van der Waals surface area contributed by atoms with Gasteiger partial charge in [-0.05, 0) is 29.9 Å². The number of hydrogen-bond donors (Lipinski definition) is 0. The van der Waals surface area contributed by atoms with Crippen LogP contribution in [-0.2, 0) is 11.2 Å². The Balaban J connectivity index is 1.55. The number of rotatable bonds is 4. The van der Waals surface area contributed by atoms with Gasteiger partial charge in [-0.25, -0.2) is 0 Å². The van der Waals surface area contributed by atoms with Crippen LogP contribution in [0, 0.1) is 0 Å². The van der Waals surface area contributed by atoms with E-state index in [9.17, 15) is 4.79 Å². The Morgan fingerprint density at radius 3 is 3.00 bits per heavy atom. The lowest BCUT2D eigenvalue weighted by Crippen LogP contribution is -2.45. The monoisotopic (exact) mass is 303 g/mol. The minimum atomic E-state index is -0.0447. The number of nitrogens with zero attached hydrogens (tertiary/aromatic N) is 3. The predicted molar refractivity (Wildman–Crippen MR) is 80.3 cm³/mol. The summed E-state index contributed by atoms with van der Waals surface area (Å²) < 4.78 is 9.52. The summed E-state index contributed by atoms with van der Waals surface area (Å²) in [6, 6.07) is 10.3. The molecule has 1 aliphatic heterocycles. The fraction of sp³-hybridized carbons (Fsp3) is 0.400. The number of benzene rings is 1. The van der Waals surface area contributed by atoms with E-state index in [2.05, 4.69) is 21.7 Å².